The number of nitrogens with one attached hydrogen (secondary N) is 1. The molecule has 1 fully saturated rings. The van der Waals surface area contributed by atoms with E-state index < -0.39 is 6.10 Å². The molecule has 0 radical (unpaired) electrons. The van der Waals surface area contributed by atoms with Gasteiger partial charge in [0.05, 0.1) is 17.9 Å². The lowest BCUT2D eigenvalue weighted by atomic mass is 10.1. The van der Waals surface area contributed by atoms with Gasteiger partial charge in [0.25, 0.3) is 5.91 Å². The third-order valence-electron chi connectivity index (χ3n) is 5.63. The molecule has 3 amide bonds. The number of H-pyrrole nitrogens is 1. The molecule has 3 rings (SSSR count). The van der Waals surface area contributed by atoms with Gasteiger partial charge in [-0.2, -0.15) is 5.10 Å². The van der Waals surface area contributed by atoms with Gasteiger partial charge in [0, 0.05) is 38.9 Å². The van der Waals surface area contributed by atoms with E-state index in [4.69, 9.17) is 4.74 Å². The Morgan fingerprint density at radius 1 is 1.19 bits per heavy atom. The summed E-state index contributed by atoms with van der Waals surface area (Å²) in [6.45, 7) is 6.00. The maximum Gasteiger partial charge on any atom is 0.257 e. The molecular weight excluding hydrogens is 410 g/mol. The molecule has 9 nitrogen and oxygen atoms in total. The second kappa shape index (κ2) is 11.4. The van der Waals surface area contributed by atoms with Crippen LogP contribution in [0.25, 0.3) is 0 Å². The van der Waals surface area contributed by atoms with Crippen LogP contribution in [0.3, 0.4) is 0 Å². The molecule has 2 aromatic rings. The van der Waals surface area contributed by atoms with Gasteiger partial charge in [-0.1, -0.05) is 30.3 Å². The van der Waals surface area contributed by atoms with E-state index in [1.54, 1.807) is 9.80 Å². The maximum absolute atomic E-state index is 13.0. The van der Waals surface area contributed by atoms with Crippen molar-refractivity contribution in [3.8, 4) is 0 Å². The molecule has 32 heavy (non-hydrogen) atoms. The molecule has 9 heteroatoms. The highest BCUT2D eigenvalue weighted by molar-refractivity contribution is 5.96. The number of carbonyl (C=O) groups is 3. The fourth-order valence-corrected chi connectivity index (χ4v) is 3.77. The number of carbonyl (C=O) groups excluding carboxylic acids is 3. The minimum absolute atomic E-state index is 0.0390. The quantitative estimate of drug-likeness (QED) is 0.630. The van der Waals surface area contributed by atoms with Crippen molar-refractivity contribution in [2.75, 3.05) is 45.9 Å². The van der Waals surface area contributed by atoms with Crippen LogP contribution in [-0.2, 0) is 20.7 Å². The van der Waals surface area contributed by atoms with Crippen LogP contribution in [0, 0.1) is 0 Å². The fraction of sp³-hybridized carbons (Fsp3) is 0.478. The molecule has 1 N–H and O–H groups in total. The normalized spacial score (nSPS) is 16.7. The SMILES string of the molecule is CCN(CC)C(=O)CO[C@H]1CN(CCc2ccccc2)C(=O)CN(C(=O)c2cn[nH]c2)C1. The summed E-state index contributed by atoms with van der Waals surface area (Å²) in [5, 5.41) is 6.45. The van der Waals surface area contributed by atoms with E-state index in [2.05, 4.69) is 10.2 Å². The second-order valence-electron chi connectivity index (χ2n) is 7.75. The van der Waals surface area contributed by atoms with Gasteiger partial charge in [0.2, 0.25) is 11.8 Å². The standard InChI is InChI=1S/C23H31N5O4/c1-3-26(4-2)22(30)17-32-20-14-27(11-10-18-8-6-5-7-9-18)21(29)16-28(15-20)23(31)19-12-24-25-13-19/h5-9,12-13,20H,3-4,10-11,14-17H2,1-2H3,(H,24,25)/t20-/m0/s1. The highest BCUT2D eigenvalue weighted by Crippen LogP contribution is 2.13. The van der Waals surface area contributed by atoms with Crippen molar-refractivity contribution < 1.29 is 19.1 Å². The molecule has 1 aromatic carbocycles. The summed E-state index contributed by atoms with van der Waals surface area (Å²) in [5.74, 6) is -0.534. The number of hydrogen-bond acceptors (Lipinski definition) is 5. The Hall–Kier alpha value is -3.20. The largest absolute Gasteiger partial charge is 0.365 e. The van der Waals surface area contributed by atoms with Gasteiger partial charge in [0.1, 0.15) is 13.2 Å². The van der Waals surface area contributed by atoms with Gasteiger partial charge >= 0.3 is 0 Å². The average molecular weight is 442 g/mol. The first-order valence-corrected chi connectivity index (χ1v) is 11.0. The van der Waals surface area contributed by atoms with Crippen molar-refractivity contribution in [1.82, 2.24) is 24.9 Å². The van der Waals surface area contributed by atoms with E-state index in [0.717, 1.165) is 5.56 Å². The molecule has 2 heterocycles. The number of rotatable bonds is 9. The van der Waals surface area contributed by atoms with Gasteiger partial charge in [-0.05, 0) is 25.8 Å². The zero-order valence-corrected chi connectivity index (χ0v) is 18.7. The smallest absolute Gasteiger partial charge is 0.257 e. The van der Waals surface area contributed by atoms with Gasteiger partial charge in [-0.25, -0.2) is 0 Å². The summed E-state index contributed by atoms with van der Waals surface area (Å²) in [5.41, 5.74) is 1.51. The first-order valence-electron chi connectivity index (χ1n) is 11.0. The van der Waals surface area contributed by atoms with Crippen LogP contribution in [0.15, 0.2) is 42.7 Å². The lowest BCUT2D eigenvalue weighted by molar-refractivity contribution is -0.138. The minimum Gasteiger partial charge on any atom is -0.365 e. The van der Waals surface area contributed by atoms with Crippen LogP contribution >= 0.6 is 0 Å². The second-order valence-corrected chi connectivity index (χ2v) is 7.75. The van der Waals surface area contributed by atoms with E-state index >= 15 is 0 Å². The molecule has 1 atom stereocenters. The topological polar surface area (TPSA) is 98.8 Å². The van der Waals surface area contributed by atoms with Crippen LogP contribution < -0.4 is 0 Å². The molecule has 0 unspecified atom stereocenters. The number of likely N-dealkylation sites (N-methyl/N-ethyl adjacent to an activating group) is 1. The first-order chi connectivity index (χ1) is 15.5. The summed E-state index contributed by atoms with van der Waals surface area (Å²) in [6, 6.07) is 9.93. The van der Waals surface area contributed by atoms with Crippen LogP contribution in [-0.4, -0.2) is 94.6 Å². The Morgan fingerprint density at radius 3 is 2.59 bits per heavy atom. The molecule has 0 bridgehead atoms. The molecule has 1 aromatic heterocycles. The number of benzene rings is 1. The number of ether oxygens (including phenoxy) is 1. The maximum atomic E-state index is 13.0. The predicted octanol–water partition coefficient (Wildman–Crippen LogP) is 1.19. The van der Waals surface area contributed by atoms with Crippen molar-refractivity contribution in [2.45, 2.75) is 26.4 Å². The number of hydrogen-bond donors (Lipinski definition) is 1. The highest BCUT2D eigenvalue weighted by atomic mass is 16.5. The van der Waals surface area contributed by atoms with Gasteiger partial charge < -0.3 is 19.4 Å². The number of amides is 3. The van der Waals surface area contributed by atoms with E-state index in [1.807, 2.05) is 44.2 Å². The minimum atomic E-state index is -0.465. The number of aromatic nitrogens is 2. The third-order valence-corrected chi connectivity index (χ3v) is 5.63. The summed E-state index contributed by atoms with van der Waals surface area (Å²) in [7, 11) is 0. The lowest BCUT2D eigenvalue weighted by Crippen LogP contribution is -2.41. The summed E-state index contributed by atoms with van der Waals surface area (Å²) in [6.07, 6.45) is 3.18. The van der Waals surface area contributed by atoms with Crippen molar-refractivity contribution in [3.63, 3.8) is 0 Å². The van der Waals surface area contributed by atoms with Crippen molar-refractivity contribution in [3.05, 3.63) is 53.9 Å². The van der Waals surface area contributed by atoms with Crippen molar-refractivity contribution in [1.29, 1.82) is 0 Å². The van der Waals surface area contributed by atoms with E-state index in [-0.39, 0.29) is 37.4 Å². The van der Waals surface area contributed by atoms with E-state index in [9.17, 15) is 14.4 Å². The summed E-state index contributed by atoms with van der Waals surface area (Å²) in [4.78, 5) is 43.2. The lowest BCUT2D eigenvalue weighted by Gasteiger charge is -2.26. The number of aromatic amines is 1. The first kappa shape index (κ1) is 23.5. The Kier molecular flexibility index (Phi) is 8.38. The van der Waals surface area contributed by atoms with Crippen LogP contribution in [0.1, 0.15) is 29.8 Å². The Morgan fingerprint density at radius 2 is 1.94 bits per heavy atom. The van der Waals surface area contributed by atoms with Gasteiger partial charge in [0.15, 0.2) is 0 Å². The van der Waals surface area contributed by atoms with Gasteiger partial charge in [-0.3, -0.25) is 19.5 Å². The molecule has 172 valence electrons. The Labute approximate surface area is 188 Å². The summed E-state index contributed by atoms with van der Waals surface area (Å²) >= 11 is 0. The monoisotopic (exact) mass is 441 g/mol. The van der Waals surface area contributed by atoms with Crippen molar-refractivity contribution in [2.24, 2.45) is 0 Å². The zero-order valence-electron chi connectivity index (χ0n) is 18.7. The number of nitrogens with zero attached hydrogens (tertiary/aromatic N) is 4. The van der Waals surface area contributed by atoms with Crippen LogP contribution in [0.5, 0.6) is 0 Å². The third kappa shape index (κ3) is 6.16. The van der Waals surface area contributed by atoms with E-state index in [0.29, 0.717) is 38.2 Å². The van der Waals surface area contributed by atoms with E-state index in [1.165, 1.54) is 17.3 Å². The van der Waals surface area contributed by atoms with Gasteiger partial charge in [-0.15, -0.1) is 0 Å². The molecule has 0 aliphatic carbocycles. The van der Waals surface area contributed by atoms with Crippen LogP contribution in [0.2, 0.25) is 0 Å². The molecule has 1 aliphatic heterocycles. The molecule has 0 saturated carbocycles. The predicted molar refractivity (Wildman–Crippen MR) is 119 cm³/mol. The Bertz CT molecular complexity index is 883. The Balaban J connectivity index is 1.71. The molecule has 1 aliphatic rings. The molecule has 1 saturated heterocycles. The fourth-order valence-electron chi connectivity index (χ4n) is 3.77. The van der Waals surface area contributed by atoms with Crippen LogP contribution in [0.4, 0.5) is 0 Å². The molecule has 0 spiro atoms. The zero-order chi connectivity index (χ0) is 22.9. The average Bonchev–Trinajstić information content (AvgIpc) is 3.29. The highest BCUT2D eigenvalue weighted by Gasteiger charge is 2.32. The van der Waals surface area contributed by atoms with Crippen molar-refractivity contribution >= 4 is 17.7 Å². The summed E-state index contributed by atoms with van der Waals surface area (Å²) < 4.78 is 5.94. The molecular formula is C23H31N5O4.